The topological polar surface area (TPSA) is 82.1 Å². The highest BCUT2D eigenvalue weighted by atomic mass is 127. The number of hydrogen-bond donors (Lipinski definition) is 2. The molecule has 32 heavy (non-hydrogen) atoms. The Balaban J connectivity index is 0.00000363. The average Bonchev–Trinajstić information content (AvgIpc) is 2.84. The second-order valence-corrected chi connectivity index (χ2v) is 8.55. The van der Waals surface area contributed by atoms with Crippen molar-refractivity contribution in [3.63, 3.8) is 0 Å². The fourth-order valence-corrected chi connectivity index (χ4v) is 4.57. The number of nitrogens with one attached hydrogen (secondary N) is 2. The van der Waals surface area contributed by atoms with Crippen molar-refractivity contribution in [2.45, 2.75) is 44.1 Å². The Bertz CT molecular complexity index is 706. The Hall–Kier alpha value is -1.46. The van der Waals surface area contributed by atoms with Crippen molar-refractivity contribution in [3.05, 3.63) is 30.1 Å². The fourth-order valence-electron chi connectivity index (χ4n) is 4.57. The number of carbonyl (C=O) groups is 1. The van der Waals surface area contributed by atoms with Crippen molar-refractivity contribution in [3.8, 4) is 0 Å². The van der Waals surface area contributed by atoms with Gasteiger partial charge in [0.1, 0.15) is 0 Å². The van der Waals surface area contributed by atoms with Gasteiger partial charge in [0.25, 0.3) is 0 Å². The minimum absolute atomic E-state index is 0. The molecule has 1 saturated carbocycles. The van der Waals surface area contributed by atoms with Crippen molar-refractivity contribution in [1.82, 2.24) is 25.4 Å². The average molecular weight is 559 g/mol. The lowest BCUT2D eigenvalue weighted by Gasteiger charge is -2.48. The molecule has 2 fully saturated rings. The predicted octanol–water partition coefficient (Wildman–Crippen LogP) is 1.90. The molecule has 1 aliphatic carbocycles. The van der Waals surface area contributed by atoms with Crippen LogP contribution >= 0.6 is 24.0 Å². The maximum atomic E-state index is 12.5. The molecule has 0 bridgehead atoms. The molecule has 2 heterocycles. The van der Waals surface area contributed by atoms with Crippen LogP contribution in [0.3, 0.4) is 0 Å². The molecule has 8 nitrogen and oxygen atoms in total. The van der Waals surface area contributed by atoms with Gasteiger partial charge in [-0.3, -0.25) is 19.7 Å². The lowest BCUT2D eigenvalue weighted by atomic mass is 9.80. The zero-order valence-corrected chi connectivity index (χ0v) is 21.8. The number of ether oxygens (including phenoxy) is 1. The third-order valence-electron chi connectivity index (χ3n) is 6.54. The standard InChI is InChI=1S/C23H38N6O2.HI/c1-24-22(26-18-21(30)28(2)13-9-20-8-4-7-12-25-20)27-19-23(10-5-3-6-11-23)29-14-16-31-17-15-29;/h4,7-8,12H,3,5-6,9-11,13-19H2,1-2H3,(H2,24,26,27);1H. The van der Waals surface area contributed by atoms with Gasteiger partial charge in [0, 0.05) is 64.1 Å². The van der Waals surface area contributed by atoms with E-state index >= 15 is 0 Å². The van der Waals surface area contributed by atoms with Crippen molar-refractivity contribution in [1.29, 1.82) is 0 Å². The first-order valence-corrected chi connectivity index (χ1v) is 11.5. The van der Waals surface area contributed by atoms with Crippen LogP contribution in [0.25, 0.3) is 0 Å². The molecule has 0 atom stereocenters. The Labute approximate surface area is 209 Å². The van der Waals surface area contributed by atoms with E-state index in [4.69, 9.17) is 4.74 Å². The van der Waals surface area contributed by atoms with Gasteiger partial charge in [0.05, 0.1) is 19.8 Å². The smallest absolute Gasteiger partial charge is 0.241 e. The van der Waals surface area contributed by atoms with Gasteiger partial charge in [-0.15, -0.1) is 24.0 Å². The number of halogens is 1. The number of aliphatic imine (C=N–C) groups is 1. The largest absolute Gasteiger partial charge is 0.379 e. The number of guanidine groups is 1. The number of pyridine rings is 1. The summed E-state index contributed by atoms with van der Waals surface area (Å²) in [5.74, 6) is 0.726. The lowest BCUT2D eigenvalue weighted by molar-refractivity contribution is -0.128. The number of likely N-dealkylation sites (N-methyl/N-ethyl adjacent to an activating group) is 1. The molecule has 0 unspecified atom stereocenters. The van der Waals surface area contributed by atoms with E-state index in [1.165, 1.54) is 32.1 Å². The van der Waals surface area contributed by atoms with E-state index < -0.39 is 0 Å². The van der Waals surface area contributed by atoms with E-state index in [9.17, 15) is 4.79 Å². The van der Waals surface area contributed by atoms with Gasteiger partial charge in [-0.1, -0.05) is 25.3 Å². The van der Waals surface area contributed by atoms with Crippen LogP contribution in [0.15, 0.2) is 29.4 Å². The van der Waals surface area contributed by atoms with E-state index in [1.807, 2.05) is 25.2 Å². The summed E-state index contributed by atoms with van der Waals surface area (Å²) in [7, 11) is 3.59. The summed E-state index contributed by atoms with van der Waals surface area (Å²) >= 11 is 0. The van der Waals surface area contributed by atoms with E-state index in [-0.39, 0.29) is 42.0 Å². The summed E-state index contributed by atoms with van der Waals surface area (Å²) in [6.45, 7) is 5.33. The number of aromatic nitrogens is 1. The van der Waals surface area contributed by atoms with Gasteiger partial charge in [0.2, 0.25) is 5.91 Å². The maximum absolute atomic E-state index is 12.5. The van der Waals surface area contributed by atoms with Crippen LogP contribution in [0.2, 0.25) is 0 Å². The molecular weight excluding hydrogens is 519 g/mol. The Kier molecular flexibility index (Phi) is 11.7. The molecule has 2 N–H and O–H groups in total. The van der Waals surface area contributed by atoms with Crippen molar-refractivity contribution in [2.24, 2.45) is 4.99 Å². The maximum Gasteiger partial charge on any atom is 0.241 e. The van der Waals surface area contributed by atoms with Crippen LogP contribution in [0.4, 0.5) is 0 Å². The second-order valence-electron chi connectivity index (χ2n) is 8.55. The quantitative estimate of drug-likeness (QED) is 0.288. The van der Waals surface area contributed by atoms with E-state index in [0.717, 1.165) is 45.0 Å². The molecule has 1 saturated heterocycles. The Morgan fingerprint density at radius 3 is 2.62 bits per heavy atom. The second kappa shape index (κ2) is 13.9. The molecular formula is C23H39IN6O2. The minimum atomic E-state index is 0. The van der Waals surface area contributed by atoms with Gasteiger partial charge < -0.3 is 20.3 Å². The van der Waals surface area contributed by atoms with Crippen LogP contribution in [0.5, 0.6) is 0 Å². The highest BCUT2D eigenvalue weighted by molar-refractivity contribution is 14.0. The molecule has 180 valence electrons. The molecule has 1 aromatic heterocycles. The molecule has 1 amide bonds. The first-order chi connectivity index (χ1) is 15.1. The lowest BCUT2D eigenvalue weighted by Crippen LogP contribution is -2.60. The third kappa shape index (κ3) is 7.84. The van der Waals surface area contributed by atoms with Gasteiger partial charge in [-0.05, 0) is 25.0 Å². The molecule has 2 aliphatic rings. The van der Waals surface area contributed by atoms with Gasteiger partial charge in [-0.2, -0.15) is 0 Å². The van der Waals surface area contributed by atoms with Gasteiger partial charge in [-0.25, -0.2) is 0 Å². The van der Waals surface area contributed by atoms with Crippen molar-refractivity contribution < 1.29 is 9.53 Å². The van der Waals surface area contributed by atoms with E-state index in [2.05, 4.69) is 25.5 Å². The summed E-state index contributed by atoms with van der Waals surface area (Å²) in [6, 6.07) is 5.85. The number of carbonyl (C=O) groups excluding carboxylic acids is 1. The van der Waals surface area contributed by atoms with E-state index in [0.29, 0.717) is 12.5 Å². The van der Waals surface area contributed by atoms with Crippen LogP contribution in [-0.2, 0) is 16.0 Å². The molecule has 9 heteroatoms. The highest BCUT2D eigenvalue weighted by Crippen LogP contribution is 2.33. The fraction of sp³-hybridized carbons (Fsp3) is 0.696. The first-order valence-electron chi connectivity index (χ1n) is 11.5. The number of amides is 1. The molecule has 1 aliphatic heterocycles. The summed E-state index contributed by atoms with van der Waals surface area (Å²) in [6.07, 6.45) is 8.79. The minimum Gasteiger partial charge on any atom is -0.379 e. The predicted molar refractivity (Wildman–Crippen MR) is 139 cm³/mol. The molecule has 1 aromatic rings. The summed E-state index contributed by atoms with van der Waals surface area (Å²) in [5.41, 5.74) is 1.15. The number of hydrogen-bond acceptors (Lipinski definition) is 5. The van der Waals surface area contributed by atoms with Gasteiger partial charge >= 0.3 is 0 Å². The number of nitrogens with zero attached hydrogens (tertiary/aromatic N) is 4. The van der Waals surface area contributed by atoms with Crippen molar-refractivity contribution >= 4 is 35.8 Å². The Morgan fingerprint density at radius 2 is 1.97 bits per heavy atom. The summed E-state index contributed by atoms with van der Waals surface area (Å²) in [4.78, 5) is 25.5. The zero-order valence-electron chi connectivity index (χ0n) is 19.5. The molecule has 0 aromatic carbocycles. The zero-order chi connectivity index (χ0) is 21.9. The number of rotatable bonds is 8. The summed E-state index contributed by atoms with van der Waals surface area (Å²) < 4.78 is 5.57. The van der Waals surface area contributed by atoms with Gasteiger partial charge in [0.15, 0.2) is 5.96 Å². The van der Waals surface area contributed by atoms with Crippen LogP contribution in [-0.4, -0.2) is 92.2 Å². The van der Waals surface area contributed by atoms with Crippen LogP contribution in [0, 0.1) is 0 Å². The molecule has 0 spiro atoms. The van der Waals surface area contributed by atoms with Crippen molar-refractivity contribution in [2.75, 3.05) is 60.0 Å². The van der Waals surface area contributed by atoms with E-state index in [1.54, 1.807) is 18.1 Å². The third-order valence-corrected chi connectivity index (χ3v) is 6.54. The number of morpholine rings is 1. The van der Waals surface area contributed by atoms with Crippen LogP contribution < -0.4 is 10.6 Å². The summed E-state index contributed by atoms with van der Waals surface area (Å²) in [5, 5.41) is 6.70. The first kappa shape index (κ1) is 26.8. The normalized spacial score (nSPS) is 19.0. The highest BCUT2D eigenvalue weighted by Gasteiger charge is 2.38. The molecule has 3 rings (SSSR count). The Morgan fingerprint density at radius 1 is 1.22 bits per heavy atom. The van der Waals surface area contributed by atoms with Crippen LogP contribution in [0.1, 0.15) is 37.8 Å². The SMILES string of the molecule is CN=C(NCC(=O)N(C)CCc1ccccn1)NCC1(N2CCOCC2)CCCCC1.I. The molecule has 0 radical (unpaired) electrons. The monoisotopic (exact) mass is 558 g/mol.